The molecule has 0 spiro atoms. The summed E-state index contributed by atoms with van der Waals surface area (Å²) in [4.78, 5) is 0. The van der Waals surface area contributed by atoms with E-state index in [-0.39, 0.29) is 0 Å². The van der Waals surface area contributed by atoms with Crippen LogP contribution in [-0.2, 0) is 0 Å². The summed E-state index contributed by atoms with van der Waals surface area (Å²) in [6, 6.07) is 0. The molecular formula is C27H50. The first-order valence-electron chi connectivity index (χ1n) is 12.3. The van der Waals surface area contributed by atoms with E-state index in [1.165, 1.54) is 96.3 Å². The lowest BCUT2D eigenvalue weighted by atomic mass is 9.86. The van der Waals surface area contributed by atoms with Crippen molar-refractivity contribution in [3.63, 3.8) is 0 Å². The van der Waals surface area contributed by atoms with Gasteiger partial charge in [0.2, 0.25) is 0 Å². The fraction of sp³-hybridized carbons (Fsp3) is 0.852. The molecular weight excluding hydrogens is 324 g/mol. The molecule has 0 aromatic heterocycles. The highest BCUT2D eigenvalue weighted by Gasteiger charge is 2.11. The third-order valence-corrected chi connectivity index (χ3v) is 5.82. The molecule has 0 aliphatic rings. The summed E-state index contributed by atoms with van der Waals surface area (Å²) in [5, 5.41) is 0. The Labute approximate surface area is 173 Å². The molecule has 1 atom stereocenters. The molecule has 0 amide bonds. The van der Waals surface area contributed by atoms with E-state index in [2.05, 4.69) is 39.5 Å². The van der Waals surface area contributed by atoms with Crippen LogP contribution in [0.2, 0.25) is 0 Å². The maximum Gasteiger partial charge on any atom is 0.00886 e. The summed E-state index contributed by atoms with van der Waals surface area (Å²) >= 11 is 0. The molecule has 158 valence electrons. The summed E-state index contributed by atoms with van der Waals surface area (Å²) in [7, 11) is 0. The van der Waals surface area contributed by atoms with Crippen LogP contribution in [0.1, 0.15) is 136 Å². The fourth-order valence-corrected chi connectivity index (χ4v) is 3.82. The Hall–Kier alpha value is -0.440. The highest BCUT2D eigenvalue weighted by atomic mass is 14.2. The molecule has 0 nitrogen and oxygen atoms in total. The van der Waals surface area contributed by atoms with Crippen LogP contribution in [0.5, 0.6) is 0 Å². The van der Waals surface area contributed by atoms with Crippen LogP contribution in [0.4, 0.5) is 0 Å². The van der Waals surface area contributed by atoms with Crippen molar-refractivity contribution >= 4 is 0 Å². The van der Waals surface area contributed by atoms with E-state index < -0.39 is 0 Å². The van der Waals surface area contributed by atoms with Crippen molar-refractivity contribution < 1.29 is 0 Å². The van der Waals surface area contributed by atoms with Gasteiger partial charge in [-0.05, 0) is 24.7 Å². The lowest BCUT2D eigenvalue weighted by molar-refractivity contribution is 0.319. The molecule has 1 unspecified atom stereocenters. The molecule has 0 bridgehead atoms. The van der Waals surface area contributed by atoms with E-state index in [0.717, 1.165) is 37.5 Å². The highest BCUT2D eigenvalue weighted by Crippen LogP contribution is 2.24. The minimum atomic E-state index is 0.829. The van der Waals surface area contributed by atoms with E-state index >= 15 is 0 Å². The van der Waals surface area contributed by atoms with Crippen LogP contribution < -0.4 is 0 Å². The molecule has 0 aliphatic heterocycles. The van der Waals surface area contributed by atoms with Gasteiger partial charge in [-0.3, -0.25) is 0 Å². The molecule has 0 heteroatoms. The van der Waals surface area contributed by atoms with Crippen LogP contribution in [0, 0.1) is 37.5 Å². The Morgan fingerprint density at radius 3 is 1.41 bits per heavy atom. The number of unbranched alkanes of at least 4 members (excludes halogenated alkanes) is 14. The van der Waals surface area contributed by atoms with Crippen molar-refractivity contribution in [2.45, 2.75) is 136 Å². The average molecular weight is 375 g/mol. The quantitative estimate of drug-likeness (QED) is 0.156. The Morgan fingerprint density at radius 1 is 0.519 bits per heavy atom. The van der Waals surface area contributed by atoms with Crippen molar-refractivity contribution in [3.05, 3.63) is 13.8 Å². The third-order valence-electron chi connectivity index (χ3n) is 5.82. The first-order chi connectivity index (χ1) is 13.2. The number of rotatable bonds is 19. The van der Waals surface area contributed by atoms with Crippen LogP contribution in [0.25, 0.3) is 0 Å². The molecule has 0 saturated heterocycles. The molecule has 0 heterocycles. The third kappa shape index (κ3) is 20.1. The Kier molecular flexibility index (Phi) is 21.5. The molecule has 0 N–H and O–H groups in total. The average Bonchev–Trinajstić information content (AvgIpc) is 2.66. The van der Waals surface area contributed by atoms with Gasteiger partial charge in [0.1, 0.15) is 0 Å². The van der Waals surface area contributed by atoms with E-state index in [9.17, 15) is 0 Å². The number of hydrogen-bond acceptors (Lipinski definition) is 0. The van der Waals surface area contributed by atoms with Gasteiger partial charge in [0.05, 0.1) is 0 Å². The molecule has 2 radical (unpaired) electrons. The molecule has 0 saturated carbocycles. The van der Waals surface area contributed by atoms with Gasteiger partial charge < -0.3 is 0 Å². The first-order valence-corrected chi connectivity index (χ1v) is 12.3. The van der Waals surface area contributed by atoms with E-state index in [0.29, 0.717) is 0 Å². The molecule has 0 fully saturated rings. The van der Waals surface area contributed by atoms with Gasteiger partial charge in [-0.25, -0.2) is 0 Å². The van der Waals surface area contributed by atoms with Gasteiger partial charge in [-0.2, -0.15) is 0 Å². The predicted molar refractivity (Wildman–Crippen MR) is 125 cm³/mol. The lowest BCUT2D eigenvalue weighted by Gasteiger charge is -2.20. The second kappa shape index (κ2) is 21.9. The maximum atomic E-state index is 3.98. The zero-order chi connectivity index (χ0) is 20.0. The molecule has 0 rings (SSSR count). The van der Waals surface area contributed by atoms with E-state index in [4.69, 9.17) is 0 Å². The minimum Gasteiger partial charge on any atom is -0.103 e. The second-order valence-electron chi connectivity index (χ2n) is 8.74. The summed E-state index contributed by atoms with van der Waals surface area (Å²) in [6.07, 6.45) is 25.0. The smallest absolute Gasteiger partial charge is 0.00886 e. The topological polar surface area (TPSA) is 0 Å². The summed E-state index contributed by atoms with van der Waals surface area (Å²) in [6.45, 7) is 12.6. The van der Waals surface area contributed by atoms with E-state index in [1.807, 2.05) is 0 Å². The molecule has 27 heavy (non-hydrogen) atoms. The summed E-state index contributed by atoms with van der Waals surface area (Å²) < 4.78 is 0. The van der Waals surface area contributed by atoms with Gasteiger partial charge in [-0.15, -0.1) is 11.8 Å². The van der Waals surface area contributed by atoms with Crippen molar-refractivity contribution in [1.82, 2.24) is 0 Å². The number of hydrogen-bond donors (Lipinski definition) is 0. The van der Waals surface area contributed by atoms with Crippen LogP contribution in [0.3, 0.4) is 0 Å². The van der Waals surface area contributed by atoms with Crippen molar-refractivity contribution in [2.24, 2.45) is 11.8 Å². The Morgan fingerprint density at radius 2 is 0.926 bits per heavy atom. The fourth-order valence-electron chi connectivity index (χ4n) is 3.82. The van der Waals surface area contributed by atoms with Crippen molar-refractivity contribution in [2.75, 3.05) is 0 Å². The highest BCUT2D eigenvalue weighted by molar-refractivity contribution is 4.98. The summed E-state index contributed by atoms with van der Waals surface area (Å²) in [5.41, 5.74) is 0. The predicted octanol–water partition coefficient (Wildman–Crippen LogP) is 9.34. The van der Waals surface area contributed by atoms with E-state index in [1.54, 1.807) is 0 Å². The molecule has 0 aromatic carbocycles. The van der Waals surface area contributed by atoms with Crippen molar-refractivity contribution in [1.29, 1.82) is 0 Å². The van der Waals surface area contributed by atoms with Gasteiger partial charge >= 0.3 is 0 Å². The maximum absolute atomic E-state index is 3.98. The zero-order valence-electron chi connectivity index (χ0n) is 19.0. The normalized spacial score (nSPS) is 12.2. The van der Waals surface area contributed by atoms with Crippen LogP contribution in [0.15, 0.2) is 0 Å². The minimum absolute atomic E-state index is 0.829. The largest absolute Gasteiger partial charge is 0.103 e. The Balaban J connectivity index is 3.35. The Bertz CT molecular complexity index is 330. The molecule has 0 aromatic rings. The monoisotopic (exact) mass is 374 g/mol. The van der Waals surface area contributed by atoms with Gasteiger partial charge in [0, 0.05) is 12.8 Å². The van der Waals surface area contributed by atoms with Crippen molar-refractivity contribution in [3.8, 4) is 11.8 Å². The second-order valence-corrected chi connectivity index (χ2v) is 8.74. The first kappa shape index (κ1) is 26.6. The van der Waals surface area contributed by atoms with Gasteiger partial charge in [0.15, 0.2) is 0 Å². The summed E-state index contributed by atoms with van der Waals surface area (Å²) in [5.74, 6) is 8.53. The van der Waals surface area contributed by atoms with Crippen LogP contribution >= 0.6 is 0 Å². The van der Waals surface area contributed by atoms with Gasteiger partial charge in [0.25, 0.3) is 0 Å². The van der Waals surface area contributed by atoms with Crippen LogP contribution in [-0.4, -0.2) is 0 Å². The molecule has 0 aliphatic carbocycles. The SMILES string of the molecule is [CH2]CCCCCCCCCCCC#CCCCCCC(CCC[CH2])C(C)C. The zero-order valence-corrected chi connectivity index (χ0v) is 19.0. The van der Waals surface area contributed by atoms with Gasteiger partial charge in [-0.1, -0.05) is 124 Å². The standard InChI is InChI=1S/C27H50/c1-5-7-9-10-11-12-13-14-15-16-17-18-19-20-21-22-23-25-27(26(3)4)24-8-6-2/h26-27H,1-2,5-17,20-25H2,3-4H3. The lowest BCUT2D eigenvalue weighted by Crippen LogP contribution is -2.08.